The van der Waals surface area contributed by atoms with E-state index in [1.165, 1.54) is 0 Å². The molecule has 1 aromatic carbocycles. The van der Waals surface area contributed by atoms with E-state index in [0.29, 0.717) is 24.5 Å². The van der Waals surface area contributed by atoms with Gasteiger partial charge in [0.25, 0.3) is 11.8 Å². The monoisotopic (exact) mass is 416 g/mol. The van der Waals surface area contributed by atoms with Crippen LogP contribution in [0.3, 0.4) is 0 Å². The average Bonchev–Trinajstić information content (AvgIpc) is 3.42. The standard InChI is InChI=1S/C21H24N2O5S/c1-2-27-16-9-7-15(8-10-16)21(26)22-13-20(25)28-14-19(24)23-11-3-5-17(23)18-6-4-12-29-18/h4,6-10,12,17H,2-3,5,11,13-14H2,1H3,(H,22,26). The maximum absolute atomic E-state index is 12.5. The van der Waals surface area contributed by atoms with Crippen molar-refractivity contribution < 1.29 is 23.9 Å². The molecule has 1 unspecified atom stereocenters. The highest BCUT2D eigenvalue weighted by molar-refractivity contribution is 7.10. The molecular weight excluding hydrogens is 392 g/mol. The summed E-state index contributed by atoms with van der Waals surface area (Å²) in [5.41, 5.74) is 0.410. The van der Waals surface area contributed by atoms with Gasteiger partial charge in [-0.1, -0.05) is 6.07 Å². The molecule has 1 aliphatic heterocycles. The summed E-state index contributed by atoms with van der Waals surface area (Å²) in [5, 5.41) is 4.49. The third-order valence-electron chi connectivity index (χ3n) is 4.62. The Balaban J connectivity index is 1.42. The van der Waals surface area contributed by atoms with Gasteiger partial charge in [0, 0.05) is 17.0 Å². The van der Waals surface area contributed by atoms with E-state index < -0.39 is 11.9 Å². The summed E-state index contributed by atoms with van der Waals surface area (Å²) in [6.07, 6.45) is 1.85. The highest BCUT2D eigenvalue weighted by atomic mass is 32.1. The van der Waals surface area contributed by atoms with Gasteiger partial charge in [0.15, 0.2) is 6.61 Å². The van der Waals surface area contributed by atoms with Crippen molar-refractivity contribution in [1.82, 2.24) is 10.2 Å². The topological polar surface area (TPSA) is 84.9 Å². The van der Waals surface area contributed by atoms with Crippen LogP contribution in [0.5, 0.6) is 5.75 Å². The smallest absolute Gasteiger partial charge is 0.325 e. The van der Waals surface area contributed by atoms with Gasteiger partial charge in [-0.25, -0.2) is 0 Å². The molecule has 154 valence electrons. The van der Waals surface area contributed by atoms with E-state index in [1.54, 1.807) is 40.5 Å². The van der Waals surface area contributed by atoms with Crippen LogP contribution >= 0.6 is 11.3 Å². The highest BCUT2D eigenvalue weighted by Crippen LogP contribution is 2.34. The number of likely N-dealkylation sites (tertiary alicyclic amines) is 1. The summed E-state index contributed by atoms with van der Waals surface area (Å²) >= 11 is 1.62. The number of nitrogens with one attached hydrogen (secondary N) is 1. The minimum atomic E-state index is -0.649. The lowest BCUT2D eigenvalue weighted by Gasteiger charge is -2.23. The number of nitrogens with zero attached hydrogens (tertiary/aromatic N) is 1. The van der Waals surface area contributed by atoms with Crippen LogP contribution in [-0.4, -0.2) is 49.0 Å². The van der Waals surface area contributed by atoms with Crippen molar-refractivity contribution >= 4 is 29.1 Å². The van der Waals surface area contributed by atoms with Crippen LogP contribution in [0.25, 0.3) is 0 Å². The zero-order valence-corrected chi connectivity index (χ0v) is 17.1. The molecule has 7 nitrogen and oxygen atoms in total. The Hall–Kier alpha value is -2.87. The molecule has 1 N–H and O–H groups in total. The van der Waals surface area contributed by atoms with Crippen LogP contribution < -0.4 is 10.1 Å². The number of thiophene rings is 1. The van der Waals surface area contributed by atoms with Gasteiger partial charge in [0.2, 0.25) is 0 Å². The molecule has 1 saturated heterocycles. The molecule has 8 heteroatoms. The summed E-state index contributed by atoms with van der Waals surface area (Å²) in [4.78, 5) is 39.4. The normalized spacial score (nSPS) is 15.8. The van der Waals surface area contributed by atoms with Crippen molar-refractivity contribution in [3.63, 3.8) is 0 Å². The molecule has 3 rings (SSSR count). The van der Waals surface area contributed by atoms with Gasteiger partial charge in [-0.3, -0.25) is 14.4 Å². The van der Waals surface area contributed by atoms with Gasteiger partial charge >= 0.3 is 5.97 Å². The summed E-state index contributed by atoms with van der Waals surface area (Å²) < 4.78 is 10.4. The fourth-order valence-electron chi connectivity index (χ4n) is 3.24. The quantitative estimate of drug-likeness (QED) is 0.669. The Morgan fingerprint density at radius 2 is 2.00 bits per heavy atom. The van der Waals surface area contributed by atoms with Crippen molar-refractivity contribution in [2.24, 2.45) is 0 Å². The van der Waals surface area contributed by atoms with Crippen LogP contribution in [0, 0.1) is 0 Å². The fourth-order valence-corrected chi connectivity index (χ4v) is 4.12. The van der Waals surface area contributed by atoms with Crippen LogP contribution in [0.4, 0.5) is 0 Å². The minimum Gasteiger partial charge on any atom is -0.494 e. The fraction of sp³-hybridized carbons (Fsp3) is 0.381. The van der Waals surface area contributed by atoms with Crippen LogP contribution in [-0.2, 0) is 14.3 Å². The third-order valence-corrected chi connectivity index (χ3v) is 5.60. The van der Waals surface area contributed by atoms with Crippen molar-refractivity contribution in [2.75, 3.05) is 26.3 Å². The van der Waals surface area contributed by atoms with Crippen LogP contribution in [0.1, 0.15) is 41.0 Å². The van der Waals surface area contributed by atoms with Crippen molar-refractivity contribution in [2.45, 2.75) is 25.8 Å². The molecule has 2 aromatic rings. The molecule has 0 spiro atoms. The second kappa shape index (κ2) is 10.1. The van der Waals surface area contributed by atoms with E-state index in [0.717, 1.165) is 17.7 Å². The van der Waals surface area contributed by atoms with Gasteiger partial charge in [0.1, 0.15) is 12.3 Å². The molecule has 2 heterocycles. The molecule has 29 heavy (non-hydrogen) atoms. The predicted octanol–water partition coefficient (Wildman–Crippen LogP) is 2.78. The number of carbonyl (C=O) groups excluding carboxylic acids is 3. The summed E-state index contributed by atoms with van der Waals surface area (Å²) in [7, 11) is 0. The van der Waals surface area contributed by atoms with Gasteiger partial charge in [-0.2, -0.15) is 0 Å². The molecule has 0 aliphatic carbocycles. The summed E-state index contributed by atoms with van der Waals surface area (Å²) in [6.45, 7) is 2.46. The summed E-state index contributed by atoms with van der Waals surface area (Å²) in [5.74, 6) is -0.588. The van der Waals surface area contributed by atoms with Gasteiger partial charge < -0.3 is 19.7 Å². The lowest BCUT2D eigenvalue weighted by Crippen LogP contribution is -2.36. The Morgan fingerprint density at radius 1 is 1.21 bits per heavy atom. The third kappa shape index (κ3) is 5.57. The lowest BCUT2D eigenvalue weighted by molar-refractivity contribution is -0.151. The van der Waals surface area contributed by atoms with Gasteiger partial charge in [0.05, 0.1) is 12.6 Å². The Bertz CT molecular complexity index is 835. The molecule has 1 aromatic heterocycles. The maximum atomic E-state index is 12.5. The predicted molar refractivity (Wildman–Crippen MR) is 109 cm³/mol. The summed E-state index contributed by atoms with van der Waals surface area (Å²) in [6, 6.07) is 10.7. The zero-order valence-electron chi connectivity index (χ0n) is 16.3. The number of ether oxygens (including phenoxy) is 2. The van der Waals surface area contributed by atoms with E-state index in [2.05, 4.69) is 5.32 Å². The van der Waals surface area contributed by atoms with Crippen LogP contribution in [0.15, 0.2) is 41.8 Å². The second-order valence-electron chi connectivity index (χ2n) is 6.56. The maximum Gasteiger partial charge on any atom is 0.325 e. The minimum absolute atomic E-state index is 0.0561. The molecule has 1 aliphatic rings. The van der Waals surface area contributed by atoms with E-state index >= 15 is 0 Å². The van der Waals surface area contributed by atoms with E-state index in [-0.39, 0.29) is 25.1 Å². The van der Waals surface area contributed by atoms with E-state index in [4.69, 9.17) is 9.47 Å². The SMILES string of the molecule is CCOc1ccc(C(=O)NCC(=O)OCC(=O)N2CCCC2c2cccs2)cc1. The van der Waals surface area contributed by atoms with Crippen LogP contribution in [0.2, 0.25) is 0 Å². The molecule has 1 fully saturated rings. The molecule has 0 radical (unpaired) electrons. The molecule has 1 atom stereocenters. The van der Waals surface area contributed by atoms with E-state index in [1.807, 2.05) is 24.4 Å². The van der Waals surface area contributed by atoms with Gasteiger partial charge in [-0.15, -0.1) is 11.3 Å². The molecular formula is C21H24N2O5S. The first-order chi connectivity index (χ1) is 14.1. The first-order valence-corrected chi connectivity index (χ1v) is 10.5. The average molecular weight is 416 g/mol. The number of rotatable bonds is 8. The second-order valence-corrected chi connectivity index (χ2v) is 7.54. The molecule has 2 amide bonds. The number of esters is 1. The van der Waals surface area contributed by atoms with Crippen molar-refractivity contribution in [3.8, 4) is 5.75 Å². The number of amides is 2. The highest BCUT2D eigenvalue weighted by Gasteiger charge is 2.30. The Labute approximate surface area is 173 Å². The largest absolute Gasteiger partial charge is 0.494 e. The first kappa shape index (κ1) is 20.9. The van der Waals surface area contributed by atoms with E-state index in [9.17, 15) is 14.4 Å². The number of hydrogen-bond acceptors (Lipinski definition) is 6. The molecule has 0 saturated carbocycles. The van der Waals surface area contributed by atoms with Crippen molar-refractivity contribution in [1.29, 1.82) is 0 Å². The zero-order chi connectivity index (χ0) is 20.6. The van der Waals surface area contributed by atoms with Crippen molar-refractivity contribution in [3.05, 3.63) is 52.2 Å². The number of hydrogen-bond donors (Lipinski definition) is 1. The Morgan fingerprint density at radius 3 is 2.69 bits per heavy atom. The van der Waals surface area contributed by atoms with Gasteiger partial charge in [-0.05, 0) is 55.5 Å². The number of carbonyl (C=O) groups is 3. The Kier molecular flexibility index (Phi) is 7.24. The number of benzene rings is 1. The molecule has 0 bridgehead atoms. The first-order valence-electron chi connectivity index (χ1n) is 9.58. The lowest BCUT2D eigenvalue weighted by atomic mass is 10.2.